The number of fused-ring (bicyclic) bond motifs is 1. The maximum Gasteiger partial charge on any atom is 0.286 e. The van der Waals surface area contributed by atoms with E-state index in [1.807, 2.05) is 6.92 Å². The SMILES string of the molecule is CCCN1C(SCC(=O)Nc2ccc(Br)cc2F)=NS(=O)(=O)c2ccccc21. The summed E-state index contributed by atoms with van der Waals surface area (Å²) in [6.45, 7) is 2.53. The predicted molar refractivity (Wildman–Crippen MR) is 114 cm³/mol. The van der Waals surface area contributed by atoms with Crippen molar-refractivity contribution in [2.24, 2.45) is 4.40 Å². The van der Waals surface area contributed by atoms with Crippen molar-refractivity contribution < 1.29 is 17.6 Å². The van der Waals surface area contributed by atoms with Gasteiger partial charge in [-0.15, -0.1) is 4.40 Å². The van der Waals surface area contributed by atoms with E-state index < -0.39 is 21.7 Å². The normalized spacial score (nSPS) is 15.0. The van der Waals surface area contributed by atoms with E-state index in [1.165, 1.54) is 18.2 Å². The number of thioether (sulfide) groups is 1. The Morgan fingerprint density at radius 3 is 2.75 bits per heavy atom. The molecule has 1 amide bonds. The minimum atomic E-state index is -3.83. The molecule has 0 saturated carbocycles. The zero-order valence-corrected chi connectivity index (χ0v) is 18.1. The monoisotopic (exact) mass is 485 g/mol. The van der Waals surface area contributed by atoms with Gasteiger partial charge in [0.05, 0.1) is 17.1 Å². The second kappa shape index (κ2) is 8.62. The predicted octanol–water partition coefficient (Wildman–Crippen LogP) is 4.23. The third kappa shape index (κ3) is 4.56. The minimum Gasteiger partial charge on any atom is -0.323 e. The van der Waals surface area contributed by atoms with Crippen LogP contribution in [0.1, 0.15) is 13.3 Å². The largest absolute Gasteiger partial charge is 0.323 e. The molecule has 0 spiro atoms. The average Bonchev–Trinajstić information content (AvgIpc) is 2.65. The molecule has 6 nitrogen and oxygen atoms in total. The van der Waals surface area contributed by atoms with Crippen LogP contribution in [0.5, 0.6) is 0 Å². The molecule has 2 aromatic rings. The van der Waals surface area contributed by atoms with Gasteiger partial charge in [-0.2, -0.15) is 8.42 Å². The number of rotatable bonds is 5. The first-order valence-electron chi connectivity index (χ1n) is 8.41. The van der Waals surface area contributed by atoms with Gasteiger partial charge in [-0.3, -0.25) is 4.79 Å². The molecule has 1 aliphatic rings. The number of para-hydroxylation sites is 1. The lowest BCUT2D eigenvalue weighted by molar-refractivity contribution is -0.113. The summed E-state index contributed by atoms with van der Waals surface area (Å²) >= 11 is 4.16. The van der Waals surface area contributed by atoms with Gasteiger partial charge in [0.1, 0.15) is 10.7 Å². The number of sulfonamides is 1. The number of benzene rings is 2. The van der Waals surface area contributed by atoms with Crippen molar-refractivity contribution in [1.82, 2.24) is 0 Å². The first-order valence-corrected chi connectivity index (χ1v) is 11.6. The number of halogens is 2. The van der Waals surface area contributed by atoms with E-state index in [2.05, 4.69) is 25.6 Å². The van der Waals surface area contributed by atoms with Crippen molar-refractivity contribution >= 4 is 60.2 Å². The van der Waals surface area contributed by atoms with Crippen molar-refractivity contribution in [1.29, 1.82) is 0 Å². The number of nitrogens with one attached hydrogen (secondary N) is 1. The molecule has 0 unspecified atom stereocenters. The average molecular weight is 486 g/mol. The van der Waals surface area contributed by atoms with E-state index in [1.54, 1.807) is 29.2 Å². The molecule has 0 saturated heterocycles. The number of nitrogens with zero attached hydrogens (tertiary/aromatic N) is 2. The Labute approximate surface area is 175 Å². The summed E-state index contributed by atoms with van der Waals surface area (Å²) < 4.78 is 43.2. The molecule has 1 heterocycles. The van der Waals surface area contributed by atoms with Gasteiger partial charge in [0.25, 0.3) is 10.0 Å². The Morgan fingerprint density at radius 1 is 1.29 bits per heavy atom. The Kier molecular flexibility index (Phi) is 6.41. The number of carbonyl (C=O) groups excluding carboxylic acids is 1. The molecule has 28 heavy (non-hydrogen) atoms. The fraction of sp³-hybridized carbons (Fsp3) is 0.222. The van der Waals surface area contributed by atoms with Crippen LogP contribution in [0.15, 0.2) is 56.2 Å². The smallest absolute Gasteiger partial charge is 0.286 e. The third-order valence-corrected chi connectivity index (χ3v) is 6.75. The maximum absolute atomic E-state index is 13.9. The summed E-state index contributed by atoms with van der Waals surface area (Å²) in [6, 6.07) is 11.0. The standard InChI is InChI=1S/C18H17BrFN3O3S2/c1-2-9-23-15-5-3-4-6-16(15)28(25,26)22-18(23)27-11-17(24)21-14-8-7-12(19)10-13(14)20/h3-8,10H,2,9,11H2,1H3,(H,21,24). The summed E-state index contributed by atoms with van der Waals surface area (Å²) in [5, 5.41) is 2.71. The van der Waals surface area contributed by atoms with Gasteiger partial charge in [0, 0.05) is 11.0 Å². The highest BCUT2D eigenvalue weighted by molar-refractivity contribution is 9.10. The molecule has 0 atom stereocenters. The lowest BCUT2D eigenvalue weighted by Crippen LogP contribution is -2.35. The van der Waals surface area contributed by atoms with Crippen LogP contribution in [-0.4, -0.2) is 31.8 Å². The van der Waals surface area contributed by atoms with E-state index in [-0.39, 0.29) is 21.5 Å². The number of hydrogen-bond acceptors (Lipinski definition) is 5. The van der Waals surface area contributed by atoms with Crippen LogP contribution >= 0.6 is 27.7 Å². The summed E-state index contributed by atoms with van der Waals surface area (Å²) in [6.07, 6.45) is 0.768. The zero-order valence-electron chi connectivity index (χ0n) is 14.9. The van der Waals surface area contributed by atoms with Crippen molar-refractivity contribution in [3.63, 3.8) is 0 Å². The molecule has 0 aliphatic carbocycles. The van der Waals surface area contributed by atoms with Crippen LogP contribution < -0.4 is 10.2 Å². The number of amidine groups is 1. The maximum atomic E-state index is 13.9. The summed E-state index contributed by atoms with van der Waals surface area (Å²) in [5.41, 5.74) is 0.601. The van der Waals surface area contributed by atoms with Gasteiger partial charge in [0.2, 0.25) is 5.91 Å². The molecular formula is C18H17BrFN3O3S2. The van der Waals surface area contributed by atoms with Crippen LogP contribution in [0.25, 0.3) is 0 Å². The molecule has 1 aliphatic heterocycles. The number of anilines is 2. The van der Waals surface area contributed by atoms with Crippen LogP contribution in [0.4, 0.5) is 15.8 Å². The van der Waals surface area contributed by atoms with Crippen molar-refractivity contribution in [2.45, 2.75) is 18.2 Å². The highest BCUT2D eigenvalue weighted by atomic mass is 79.9. The third-order valence-electron chi connectivity index (χ3n) is 3.85. The summed E-state index contributed by atoms with van der Waals surface area (Å²) in [4.78, 5) is 14.2. The first-order chi connectivity index (χ1) is 13.3. The van der Waals surface area contributed by atoms with Gasteiger partial charge in [0.15, 0.2) is 5.17 Å². The number of carbonyl (C=O) groups is 1. The quantitative estimate of drug-likeness (QED) is 0.685. The van der Waals surface area contributed by atoms with E-state index in [0.29, 0.717) is 16.7 Å². The second-order valence-electron chi connectivity index (χ2n) is 5.93. The number of hydrogen-bond donors (Lipinski definition) is 1. The van der Waals surface area contributed by atoms with Gasteiger partial charge in [-0.05, 0) is 36.8 Å². The number of amides is 1. The lowest BCUT2D eigenvalue weighted by Gasteiger charge is -2.29. The fourth-order valence-electron chi connectivity index (χ4n) is 2.65. The first kappa shape index (κ1) is 20.8. The molecule has 10 heteroatoms. The molecule has 3 rings (SSSR count). The molecule has 0 aromatic heterocycles. The zero-order chi connectivity index (χ0) is 20.3. The molecule has 0 bridgehead atoms. The molecule has 0 fully saturated rings. The van der Waals surface area contributed by atoms with Crippen LogP contribution in [0, 0.1) is 5.82 Å². The Morgan fingerprint density at radius 2 is 2.04 bits per heavy atom. The Bertz CT molecular complexity index is 1040. The highest BCUT2D eigenvalue weighted by Gasteiger charge is 2.30. The highest BCUT2D eigenvalue weighted by Crippen LogP contribution is 2.34. The summed E-state index contributed by atoms with van der Waals surface area (Å²) in [5.74, 6) is -1.12. The van der Waals surface area contributed by atoms with E-state index in [4.69, 9.17) is 0 Å². The van der Waals surface area contributed by atoms with E-state index in [9.17, 15) is 17.6 Å². The fourth-order valence-corrected chi connectivity index (χ4v) is 5.27. The molecule has 148 valence electrons. The van der Waals surface area contributed by atoms with E-state index >= 15 is 0 Å². The van der Waals surface area contributed by atoms with Crippen molar-refractivity contribution in [3.05, 3.63) is 52.8 Å². The van der Waals surface area contributed by atoms with Crippen molar-refractivity contribution in [2.75, 3.05) is 22.5 Å². The minimum absolute atomic E-state index is 0.0581. The van der Waals surface area contributed by atoms with Gasteiger partial charge >= 0.3 is 0 Å². The summed E-state index contributed by atoms with van der Waals surface area (Å²) in [7, 11) is -3.83. The molecule has 0 radical (unpaired) electrons. The second-order valence-corrected chi connectivity index (χ2v) is 9.36. The molecular weight excluding hydrogens is 469 g/mol. The molecule has 1 N–H and O–H groups in total. The molecule has 2 aromatic carbocycles. The van der Waals surface area contributed by atoms with Crippen molar-refractivity contribution in [3.8, 4) is 0 Å². The lowest BCUT2D eigenvalue weighted by atomic mass is 10.3. The van der Waals surface area contributed by atoms with Gasteiger partial charge in [-0.25, -0.2) is 4.39 Å². The topological polar surface area (TPSA) is 78.8 Å². The Balaban J connectivity index is 1.77. The van der Waals surface area contributed by atoms with Gasteiger partial charge < -0.3 is 10.2 Å². The Hall–Kier alpha value is -1.91. The van der Waals surface area contributed by atoms with E-state index in [0.717, 1.165) is 18.2 Å². The van der Waals surface area contributed by atoms with Crippen LogP contribution in [-0.2, 0) is 14.8 Å². The van der Waals surface area contributed by atoms with Gasteiger partial charge in [-0.1, -0.05) is 46.7 Å². The van der Waals surface area contributed by atoms with Crippen LogP contribution in [0.3, 0.4) is 0 Å². The van der Waals surface area contributed by atoms with Crippen LogP contribution in [0.2, 0.25) is 0 Å².